The molecule has 2 atom stereocenters. The molecule has 1 saturated heterocycles. The average Bonchev–Trinajstić information content (AvgIpc) is 2.70. The van der Waals surface area contributed by atoms with Crippen LogP contribution in [0.5, 0.6) is 0 Å². The molecule has 0 aromatic heterocycles. The second kappa shape index (κ2) is 5.19. The van der Waals surface area contributed by atoms with Crippen LogP contribution in [0.3, 0.4) is 0 Å². The van der Waals surface area contributed by atoms with Crippen LogP contribution >= 0.6 is 0 Å². The molecule has 1 aromatic carbocycles. The van der Waals surface area contributed by atoms with Gasteiger partial charge in [-0.15, -0.1) is 0 Å². The van der Waals surface area contributed by atoms with Crippen molar-refractivity contribution in [2.24, 2.45) is 0 Å². The first-order valence-corrected chi connectivity index (χ1v) is 6.44. The predicted molar refractivity (Wildman–Crippen MR) is 72.9 cm³/mol. The van der Waals surface area contributed by atoms with Gasteiger partial charge in [-0.05, 0) is 38.0 Å². The lowest BCUT2D eigenvalue weighted by molar-refractivity contribution is 0.0727. The monoisotopic (exact) mass is 264 g/mol. The Kier molecular flexibility index (Phi) is 3.78. The van der Waals surface area contributed by atoms with Crippen LogP contribution in [-0.2, 0) is 0 Å². The molecule has 1 fully saturated rings. The fraction of sp³-hybridized carbons (Fsp3) is 0.500. The van der Waals surface area contributed by atoms with Gasteiger partial charge < -0.3 is 20.4 Å². The number of hydrogen-bond acceptors (Lipinski definition) is 3. The molecule has 1 aliphatic heterocycles. The van der Waals surface area contributed by atoms with E-state index in [1.54, 1.807) is 43.0 Å². The molecular formula is C14H20N2O3. The van der Waals surface area contributed by atoms with Crippen molar-refractivity contribution in [3.05, 3.63) is 29.8 Å². The fourth-order valence-electron chi connectivity index (χ4n) is 2.17. The maximum Gasteiger partial charge on any atom is 0.321 e. The molecule has 3 N–H and O–H groups in total. The minimum Gasteiger partial charge on any atom is -0.389 e. The van der Waals surface area contributed by atoms with Gasteiger partial charge in [0.15, 0.2) is 0 Å². The number of nitrogens with zero attached hydrogens (tertiary/aromatic N) is 1. The third kappa shape index (κ3) is 3.45. The summed E-state index contributed by atoms with van der Waals surface area (Å²) in [6.07, 6.45) is 0.0833. The van der Waals surface area contributed by atoms with Crippen LogP contribution in [0.15, 0.2) is 24.3 Å². The molecule has 19 heavy (non-hydrogen) atoms. The lowest BCUT2D eigenvalue weighted by Gasteiger charge is -2.19. The summed E-state index contributed by atoms with van der Waals surface area (Å²) < 4.78 is 0. The van der Waals surface area contributed by atoms with E-state index in [2.05, 4.69) is 5.32 Å². The number of amides is 2. The predicted octanol–water partition coefficient (Wildman–Crippen LogP) is 1.73. The van der Waals surface area contributed by atoms with Crippen molar-refractivity contribution >= 4 is 11.7 Å². The fourth-order valence-corrected chi connectivity index (χ4v) is 2.17. The lowest BCUT2D eigenvalue weighted by atomic mass is 10.1. The van der Waals surface area contributed by atoms with Crippen LogP contribution in [0.1, 0.15) is 31.9 Å². The minimum absolute atomic E-state index is 0.206. The largest absolute Gasteiger partial charge is 0.389 e. The van der Waals surface area contributed by atoms with Gasteiger partial charge in [-0.3, -0.25) is 0 Å². The van der Waals surface area contributed by atoms with Crippen molar-refractivity contribution in [1.82, 2.24) is 4.90 Å². The molecule has 0 bridgehead atoms. The first kappa shape index (κ1) is 13.8. The molecule has 1 aliphatic rings. The highest BCUT2D eigenvalue weighted by Crippen LogP contribution is 2.21. The molecule has 2 rings (SSSR count). The molecule has 0 spiro atoms. The second-order valence-corrected chi connectivity index (χ2v) is 5.40. The maximum absolute atomic E-state index is 12.0. The molecule has 5 heteroatoms. The topological polar surface area (TPSA) is 72.8 Å². The summed E-state index contributed by atoms with van der Waals surface area (Å²) in [5, 5.41) is 22.0. The average molecular weight is 264 g/mol. The summed E-state index contributed by atoms with van der Waals surface area (Å²) in [6, 6.07) is 6.87. The highest BCUT2D eigenvalue weighted by Gasteiger charge is 2.33. The number of β-amino-alcohol motifs (C(OH)–C–C–N with tert-alkyl or cyclic N) is 1. The van der Waals surface area contributed by atoms with Crippen molar-refractivity contribution in [1.29, 1.82) is 0 Å². The lowest BCUT2D eigenvalue weighted by Crippen LogP contribution is -2.36. The number of rotatable bonds is 2. The number of aliphatic hydroxyl groups is 2. The van der Waals surface area contributed by atoms with E-state index in [4.69, 9.17) is 0 Å². The minimum atomic E-state index is -0.784. The van der Waals surface area contributed by atoms with Gasteiger partial charge in [-0.25, -0.2) is 4.79 Å². The number of benzene rings is 1. The van der Waals surface area contributed by atoms with Gasteiger partial charge in [0, 0.05) is 12.2 Å². The molecule has 5 nitrogen and oxygen atoms in total. The molecule has 1 aromatic rings. The summed E-state index contributed by atoms with van der Waals surface area (Å²) in [5.74, 6) is 0. The Balaban J connectivity index is 1.96. The van der Waals surface area contributed by atoms with E-state index in [0.29, 0.717) is 25.2 Å². The molecule has 2 unspecified atom stereocenters. The van der Waals surface area contributed by atoms with Gasteiger partial charge in [-0.2, -0.15) is 0 Å². The van der Waals surface area contributed by atoms with E-state index in [9.17, 15) is 15.0 Å². The van der Waals surface area contributed by atoms with Gasteiger partial charge in [-0.1, -0.05) is 12.1 Å². The number of aliphatic hydroxyl groups excluding tert-OH is 1. The van der Waals surface area contributed by atoms with Gasteiger partial charge in [0.1, 0.15) is 0 Å². The highest BCUT2D eigenvalue weighted by atomic mass is 16.3. The number of carbonyl (C=O) groups is 1. The normalized spacial score (nSPS) is 24.3. The van der Waals surface area contributed by atoms with Crippen LogP contribution in [0.4, 0.5) is 10.5 Å². The zero-order chi connectivity index (χ0) is 14.0. The number of nitrogens with one attached hydrogen (secondary N) is 1. The third-order valence-corrected chi connectivity index (χ3v) is 3.38. The SMILES string of the molecule is CC(O)c1ccc(NC(=O)N2CCC(C)(O)C2)cc1. The Morgan fingerprint density at radius 3 is 2.53 bits per heavy atom. The van der Waals surface area contributed by atoms with Crippen molar-refractivity contribution in [3.63, 3.8) is 0 Å². The summed E-state index contributed by atoms with van der Waals surface area (Å²) in [4.78, 5) is 13.6. The van der Waals surface area contributed by atoms with E-state index in [1.165, 1.54) is 0 Å². The Hall–Kier alpha value is -1.59. The Morgan fingerprint density at radius 1 is 1.42 bits per heavy atom. The van der Waals surface area contributed by atoms with Crippen LogP contribution in [-0.4, -0.2) is 39.8 Å². The summed E-state index contributed by atoms with van der Waals surface area (Å²) in [7, 11) is 0. The smallest absolute Gasteiger partial charge is 0.321 e. The standard InChI is InChI=1S/C14H20N2O3/c1-10(17)11-3-5-12(6-4-11)15-13(18)16-8-7-14(2,19)9-16/h3-6,10,17,19H,7-9H2,1-2H3,(H,15,18). The third-order valence-electron chi connectivity index (χ3n) is 3.38. The van der Waals surface area contributed by atoms with Crippen molar-refractivity contribution in [2.75, 3.05) is 18.4 Å². The van der Waals surface area contributed by atoms with Gasteiger partial charge >= 0.3 is 6.03 Å². The van der Waals surface area contributed by atoms with E-state index in [1.807, 2.05) is 0 Å². The number of carbonyl (C=O) groups excluding carboxylic acids is 1. The van der Waals surface area contributed by atoms with E-state index in [-0.39, 0.29) is 6.03 Å². The molecule has 0 radical (unpaired) electrons. The van der Waals surface area contributed by atoms with Crippen LogP contribution < -0.4 is 5.32 Å². The first-order chi connectivity index (χ1) is 8.87. The summed E-state index contributed by atoms with van der Waals surface area (Å²) in [6.45, 7) is 4.34. The van der Waals surface area contributed by atoms with E-state index >= 15 is 0 Å². The van der Waals surface area contributed by atoms with Crippen molar-refractivity contribution < 1.29 is 15.0 Å². The Labute approximate surface area is 112 Å². The molecular weight excluding hydrogens is 244 g/mol. The molecule has 0 saturated carbocycles. The molecule has 104 valence electrons. The maximum atomic E-state index is 12.0. The number of likely N-dealkylation sites (tertiary alicyclic amines) is 1. The van der Waals surface area contributed by atoms with Crippen LogP contribution in [0.25, 0.3) is 0 Å². The zero-order valence-electron chi connectivity index (χ0n) is 11.3. The first-order valence-electron chi connectivity index (χ1n) is 6.44. The van der Waals surface area contributed by atoms with Crippen LogP contribution in [0, 0.1) is 0 Å². The molecule has 0 aliphatic carbocycles. The quantitative estimate of drug-likeness (QED) is 0.761. The Bertz CT molecular complexity index is 454. The molecule has 1 heterocycles. The van der Waals surface area contributed by atoms with E-state index in [0.717, 1.165) is 5.56 Å². The Morgan fingerprint density at radius 2 is 2.05 bits per heavy atom. The van der Waals surface area contributed by atoms with Gasteiger partial charge in [0.05, 0.1) is 18.2 Å². The van der Waals surface area contributed by atoms with Crippen molar-refractivity contribution in [2.45, 2.75) is 32.0 Å². The number of hydrogen-bond donors (Lipinski definition) is 3. The van der Waals surface area contributed by atoms with Crippen LogP contribution in [0.2, 0.25) is 0 Å². The summed E-state index contributed by atoms with van der Waals surface area (Å²) >= 11 is 0. The van der Waals surface area contributed by atoms with E-state index < -0.39 is 11.7 Å². The number of anilines is 1. The zero-order valence-corrected chi connectivity index (χ0v) is 11.3. The van der Waals surface area contributed by atoms with Gasteiger partial charge in [0.25, 0.3) is 0 Å². The van der Waals surface area contributed by atoms with Gasteiger partial charge in [0.2, 0.25) is 0 Å². The highest BCUT2D eigenvalue weighted by molar-refractivity contribution is 5.89. The molecule has 2 amide bonds. The number of urea groups is 1. The summed E-state index contributed by atoms with van der Waals surface area (Å²) in [5.41, 5.74) is 0.705. The van der Waals surface area contributed by atoms with Crippen molar-refractivity contribution in [3.8, 4) is 0 Å². The second-order valence-electron chi connectivity index (χ2n) is 5.40.